The summed E-state index contributed by atoms with van der Waals surface area (Å²) in [6.07, 6.45) is 2.33. The van der Waals surface area contributed by atoms with Crippen LogP contribution < -0.4 is 10.6 Å². The maximum Gasteiger partial charge on any atom is 0.267 e. The van der Waals surface area contributed by atoms with Crippen LogP contribution in [0, 0.1) is 19.7 Å². The Hall–Kier alpha value is -4.78. The zero-order chi connectivity index (χ0) is 27.4. The Kier molecular flexibility index (Phi) is 7.50. The number of halogens is 1. The molecule has 0 aliphatic heterocycles. The summed E-state index contributed by atoms with van der Waals surface area (Å²) in [5.74, 6) is -0.773. The first-order valence-corrected chi connectivity index (χ1v) is 12.8. The molecule has 0 bridgehead atoms. The van der Waals surface area contributed by atoms with Crippen LogP contribution in [-0.4, -0.2) is 27.9 Å². The summed E-state index contributed by atoms with van der Waals surface area (Å²) in [5.41, 5.74) is 6.26. The fourth-order valence-corrected chi connectivity index (χ4v) is 4.55. The van der Waals surface area contributed by atoms with Crippen LogP contribution in [0.5, 0.6) is 0 Å². The van der Waals surface area contributed by atoms with Gasteiger partial charge >= 0.3 is 0 Å². The van der Waals surface area contributed by atoms with Gasteiger partial charge in [0.25, 0.3) is 11.8 Å². The lowest BCUT2D eigenvalue weighted by molar-refractivity contribution is 0.0945. The minimum Gasteiger partial charge on any atom is -0.350 e. The summed E-state index contributed by atoms with van der Waals surface area (Å²) in [5, 5.41) is 6.73. The average Bonchev–Trinajstić information content (AvgIpc) is 3.28. The van der Waals surface area contributed by atoms with Crippen LogP contribution in [0.4, 0.5) is 10.1 Å². The van der Waals surface area contributed by atoms with E-state index in [1.807, 2.05) is 73.0 Å². The van der Waals surface area contributed by atoms with Gasteiger partial charge in [0.1, 0.15) is 11.5 Å². The molecule has 2 heterocycles. The second-order valence-corrected chi connectivity index (χ2v) is 9.60. The molecule has 0 unspecified atom stereocenters. The van der Waals surface area contributed by atoms with E-state index in [9.17, 15) is 14.0 Å². The van der Waals surface area contributed by atoms with E-state index >= 15 is 0 Å². The van der Waals surface area contributed by atoms with E-state index in [0.29, 0.717) is 36.5 Å². The molecule has 7 heteroatoms. The van der Waals surface area contributed by atoms with Gasteiger partial charge in [0, 0.05) is 53.6 Å². The van der Waals surface area contributed by atoms with E-state index in [0.717, 1.165) is 33.3 Å². The number of pyridine rings is 1. The highest BCUT2D eigenvalue weighted by Crippen LogP contribution is 2.26. The molecular formula is C32H29FN4O2. The summed E-state index contributed by atoms with van der Waals surface area (Å²) >= 11 is 0. The first kappa shape index (κ1) is 25.9. The van der Waals surface area contributed by atoms with Crippen molar-refractivity contribution in [3.8, 4) is 0 Å². The van der Waals surface area contributed by atoms with E-state index in [1.165, 1.54) is 12.1 Å². The number of aryl methyl sites for hydroxylation is 2. The molecular weight excluding hydrogens is 491 g/mol. The molecule has 3 aromatic carbocycles. The third-order valence-electron chi connectivity index (χ3n) is 6.78. The second kappa shape index (κ2) is 11.3. The summed E-state index contributed by atoms with van der Waals surface area (Å²) in [7, 11) is 0. The molecule has 0 aliphatic rings. The number of nitrogens with one attached hydrogen (secondary N) is 2. The van der Waals surface area contributed by atoms with Crippen LogP contribution >= 0.6 is 0 Å². The minimum absolute atomic E-state index is 0.205. The van der Waals surface area contributed by atoms with Crippen LogP contribution in [0.2, 0.25) is 0 Å². The molecule has 0 spiro atoms. The van der Waals surface area contributed by atoms with E-state index in [-0.39, 0.29) is 17.6 Å². The summed E-state index contributed by atoms with van der Waals surface area (Å²) in [4.78, 5) is 30.5. The van der Waals surface area contributed by atoms with Gasteiger partial charge in [-0.1, -0.05) is 24.3 Å². The molecule has 2 N–H and O–H groups in total. The number of nitrogens with zero attached hydrogens (tertiary/aromatic N) is 2. The number of aromatic nitrogens is 2. The first-order valence-electron chi connectivity index (χ1n) is 12.8. The summed E-state index contributed by atoms with van der Waals surface area (Å²) in [6.45, 7) is 4.72. The van der Waals surface area contributed by atoms with Gasteiger partial charge in [0.15, 0.2) is 0 Å². The van der Waals surface area contributed by atoms with Gasteiger partial charge in [-0.05, 0) is 91.2 Å². The number of amides is 2. The van der Waals surface area contributed by atoms with Gasteiger partial charge in [0.05, 0.1) is 0 Å². The van der Waals surface area contributed by atoms with Crippen LogP contribution in [0.1, 0.15) is 43.2 Å². The largest absolute Gasteiger partial charge is 0.350 e. The lowest BCUT2D eigenvalue weighted by Gasteiger charge is -2.12. The smallest absolute Gasteiger partial charge is 0.267 e. The van der Waals surface area contributed by atoms with Crippen LogP contribution in [0.25, 0.3) is 10.9 Å². The number of hydrogen-bond acceptors (Lipinski definition) is 3. The predicted octanol–water partition coefficient (Wildman–Crippen LogP) is 6.07. The van der Waals surface area contributed by atoms with Gasteiger partial charge in [-0.15, -0.1) is 0 Å². The third kappa shape index (κ3) is 6.04. The van der Waals surface area contributed by atoms with Crippen molar-refractivity contribution < 1.29 is 14.0 Å². The number of fused-ring (bicyclic) bond motifs is 1. The second-order valence-electron chi connectivity index (χ2n) is 9.60. The predicted molar refractivity (Wildman–Crippen MR) is 152 cm³/mol. The van der Waals surface area contributed by atoms with Crippen molar-refractivity contribution in [1.82, 2.24) is 14.9 Å². The van der Waals surface area contributed by atoms with Gasteiger partial charge < -0.3 is 15.2 Å². The van der Waals surface area contributed by atoms with Crippen LogP contribution in [-0.2, 0) is 13.0 Å². The van der Waals surface area contributed by atoms with Crippen molar-refractivity contribution in [3.63, 3.8) is 0 Å². The number of carbonyl (C=O) groups excluding carboxylic acids is 2. The Labute approximate surface area is 226 Å². The summed E-state index contributed by atoms with van der Waals surface area (Å²) in [6, 6.07) is 25.0. The lowest BCUT2D eigenvalue weighted by atomic mass is 10.1. The first-order chi connectivity index (χ1) is 18.9. The number of rotatable bonds is 8. The third-order valence-corrected chi connectivity index (χ3v) is 6.78. The highest BCUT2D eigenvalue weighted by atomic mass is 19.1. The number of anilines is 1. The van der Waals surface area contributed by atoms with Crippen LogP contribution in [0.15, 0.2) is 91.1 Å². The fourth-order valence-electron chi connectivity index (χ4n) is 4.55. The number of hydrogen-bond donors (Lipinski definition) is 2. The molecule has 0 atom stereocenters. The maximum absolute atomic E-state index is 13.9. The van der Waals surface area contributed by atoms with Gasteiger partial charge in [-0.2, -0.15) is 0 Å². The molecule has 0 radical (unpaired) electrons. The quantitative estimate of drug-likeness (QED) is 0.261. The number of carbonyl (C=O) groups is 2. The summed E-state index contributed by atoms with van der Waals surface area (Å²) < 4.78 is 15.8. The van der Waals surface area contributed by atoms with Gasteiger partial charge in [-0.25, -0.2) is 4.39 Å². The molecule has 0 aliphatic carbocycles. The molecule has 0 saturated heterocycles. The average molecular weight is 521 g/mol. The van der Waals surface area contributed by atoms with Crippen molar-refractivity contribution in [2.24, 2.45) is 0 Å². The zero-order valence-corrected chi connectivity index (χ0v) is 21.9. The minimum atomic E-state index is -0.332. The lowest BCUT2D eigenvalue weighted by Crippen LogP contribution is -2.28. The van der Waals surface area contributed by atoms with Crippen molar-refractivity contribution >= 4 is 28.4 Å². The Morgan fingerprint density at radius 1 is 0.872 bits per heavy atom. The zero-order valence-electron chi connectivity index (χ0n) is 21.9. The number of benzene rings is 3. The van der Waals surface area contributed by atoms with Crippen molar-refractivity contribution in [2.45, 2.75) is 26.8 Å². The van der Waals surface area contributed by atoms with E-state index in [4.69, 9.17) is 0 Å². The molecule has 2 amide bonds. The fraction of sp³-hybridized carbons (Fsp3) is 0.156. The standard InChI is InChI=1S/C32H29FN4O2/c1-21-9-10-24(16-22(21)2)31(38)36-28-11-12-29-25(18-28)19-30(37(29)20-23-6-5-7-26(33)17-23)32(39)35-15-13-27-8-3-4-14-34-27/h3-12,14,16-19H,13,15,20H2,1-2H3,(H,35,39)(H,36,38). The molecule has 5 aromatic rings. The molecule has 196 valence electrons. The van der Waals surface area contributed by atoms with Crippen LogP contribution in [0.3, 0.4) is 0 Å². The van der Waals surface area contributed by atoms with Gasteiger partial charge in [-0.3, -0.25) is 14.6 Å². The van der Waals surface area contributed by atoms with Crippen molar-refractivity contribution in [1.29, 1.82) is 0 Å². The Balaban J connectivity index is 1.42. The maximum atomic E-state index is 13.9. The highest BCUT2D eigenvalue weighted by molar-refractivity contribution is 6.06. The Morgan fingerprint density at radius 3 is 2.51 bits per heavy atom. The van der Waals surface area contributed by atoms with E-state index in [2.05, 4.69) is 15.6 Å². The molecule has 0 fully saturated rings. The molecule has 0 saturated carbocycles. The SMILES string of the molecule is Cc1ccc(C(=O)Nc2ccc3c(c2)cc(C(=O)NCCc2ccccn2)n3Cc2cccc(F)c2)cc1C. The Bertz CT molecular complexity index is 1660. The van der Waals surface area contributed by atoms with E-state index < -0.39 is 0 Å². The normalized spacial score (nSPS) is 10.9. The molecule has 5 rings (SSSR count). The Morgan fingerprint density at radius 2 is 1.74 bits per heavy atom. The topological polar surface area (TPSA) is 76.0 Å². The van der Waals surface area contributed by atoms with E-state index in [1.54, 1.807) is 24.4 Å². The molecule has 2 aromatic heterocycles. The van der Waals surface area contributed by atoms with Crippen molar-refractivity contribution in [3.05, 3.63) is 131 Å². The monoisotopic (exact) mass is 520 g/mol. The van der Waals surface area contributed by atoms with Crippen molar-refractivity contribution in [2.75, 3.05) is 11.9 Å². The molecule has 6 nitrogen and oxygen atoms in total. The highest BCUT2D eigenvalue weighted by Gasteiger charge is 2.17. The van der Waals surface area contributed by atoms with Gasteiger partial charge in [0.2, 0.25) is 0 Å². The molecule has 39 heavy (non-hydrogen) atoms.